The van der Waals surface area contributed by atoms with Gasteiger partial charge in [0.05, 0.1) is 0 Å². The molecule has 0 aromatic heterocycles. The Bertz CT molecular complexity index is 200. The molecule has 0 aromatic carbocycles. The van der Waals surface area contributed by atoms with Crippen LogP contribution in [-0.4, -0.2) is 50.3 Å². The molecule has 0 saturated carbocycles. The maximum Gasteiger partial charge on any atom is 0.0497 e. The second-order valence-electron chi connectivity index (χ2n) is 7.16. The third-order valence-corrected chi connectivity index (χ3v) is 4.74. The van der Waals surface area contributed by atoms with Crippen molar-refractivity contribution in [2.24, 2.45) is 11.8 Å². The van der Waals surface area contributed by atoms with Crippen LogP contribution in [0.5, 0.6) is 0 Å². The normalized spacial score (nSPS) is 25.7. The van der Waals surface area contributed by atoms with Gasteiger partial charge < -0.3 is 15.0 Å². The summed E-state index contributed by atoms with van der Waals surface area (Å²) in [5, 5.41) is 3.22. The Balaban J connectivity index is 0.000000162. The molecule has 3 aliphatic heterocycles. The largest absolute Gasteiger partial charge is 0.381 e. The molecule has 1 N–H and O–H groups in total. The van der Waals surface area contributed by atoms with Crippen molar-refractivity contribution in [2.75, 3.05) is 39.4 Å². The van der Waals surface area contributed by atoms with Gasteiger partial charge in [-0.25, -0.2) is 0 Å². The summed E-state index contributed by atoms with van der Waals surface area (Å²) in [6.45, 7) is 16.2. The van der Waals surface area contributed by atoms with Gasteiger partial charge in [-0.15, -0.1) is 0 Å². The smallest absolute Gasteiger partial charge is 0.0497 e. The molecular weight excluding hydrogens is 260 g/mol. The highest BCUT2D eigenvalue weighted by molar-refractivity contribution is 4.68. The Labute approximate surface area is 132 Å². The Morgan fingerprint density at radius 2 is 1.57 bits per heavy atom. The van der Waals surface area contributed by atoms with E-state index in [1.165, 1.54) is 58.3 Å². The van der Waals surface area contributed by atoms with Gasteiger partial charge in [0, 0.05) is 19.3 Å². The number of nitrogens with one attached hydrogen (secondary N) is 1. The molecule has 0 aromatic rings. The van der Waals surface area contributed by atoms with E-state index < -0.39 is 0 Å². The van der Waals surface area contributed by atoms with Crippen LogP contribution in [0.25, 0.3) is 0 Å². The minimum Gasteiger partial charge on any atom is -0.381 e. The van der Waals surface area contributed by atoms with Crippen molar-refractivity contribution >= 4 is 0 Å². The highest BCUT2D eigenvalue weighted by Crippen LogP contribution is 2.20. The fourth-order valence-corrected chi connectivity index (χ4v) is 2.96. The lowest BCUT2D eigenvalue weighted by Gasteiger charge is -2.18. The monoisotopic (exact) mass is 298 g/mol. The van der Waals surface area contributed by atoms with Crippen molar-refractivity contribution in [1.29, 1.82) is 0 Å². The van der Waals surface area contributed by atoms with Gasteiger partial charge in [0.1, 0.15) is 0 Å². The maximum absolute atomic E-state index is 5.22. The lowest BCUT2D eigenvalue weighted by Crippen LogP contribution is -2.26. The van der Waals surface area contributed by atoms with Crippen LogP contribution in [0, 0.1) is 11.8 Å². The Morgan fingerprint density at radius 1 is 0.952 bits per heavy atom. The van der Waals surface area contributed by atoms with Crippen molar-refractivity contribution in [3.8, 4) is 0 Å². The van der Waals surface area contributed by atoms with Gasteiger partial charge in [-0.1, -0.05) is 13.8 Å². The number of rotatable bonds is 2. The molecule has 3 heterocycles. The molecule has 0 spiro atoms. The van der Waals surface area contributed by atoms with Gasteiger partial charge in [-0.05, 0) is 84.0 Å². The Kier molecular flexibility index (Phi) is 10.3. The van der Waals surface area contributed by atoms with Crippen LogP contribution in [0.3, 0.4) is 0 Å². The molecular formula is C18H38N2O. The summed E-state index contributed by atoms with van der Waals surface area (Å²) in [6.07, 6.45) is 6.88. The van der Waals surface area contributed by atoms with Crippen molar-refractivity contribution in [2.45, 2.75) is 65.8 Å². The zero-order chi connectivity index (χ0) is 15.5. The summed E-state index contributed by atoms with van der Waals surface area (Å²) in [7, 11) is 0. The highest BCUT2D eigenvalue weighted by atomic mass is 16.5. The van der Waals surface area contributed by atoms with Crippen molar-refractivity contribution < 1.29 is 4.74 Å². The standard InChI is InChI=1S/C7H15N.C7H14O.C4H9N/c1-7(2)8-5-3-4-6-8;1-6(2)7-3-4-8-5-7;1-2-4-5-3-1/h7H,3-6H2,1-2H3;6-7H,3-5H2,1-2H3;5H,1-4H2. The van der Waals surface area contributed by atoms with Crippen LogP contribution in [0.15, 0.2) is 0 Å². The molecule has 3 fully saturated rings. The van der Waals surface area contributed by atoms with Gasteiger partial charge in [0.25, 0.3) is 0 Å². The molecule has 0 bridgehead atoms. The quantitative estimate of drug-likeness (QED) is 0.844. The molecule has 1 atom stereocenters. The lowest BCUT2D eigenvalue weighted by atomic mass is 9.96. The lowest BCUT2D eigenvalue weighted by molar-refractivity contribution is 0.177. The third kappa shape index (κ3) is 8.80. The first kappa shape index (κ1) is 18.9. The predicted molar refractivity (Wildman–Crippen MR) is 91.8 cm³/mol. The second-order valence-corrected chi connectivity index (χ2v) is 7.16. The average Bonchev–Trinajstić information content (AvgIpc) is 3.22. The van der Waals surface area contributed by atoms with E-state index in [4.69, 9.17) is 4.74 Å². The molecule has 1 unspecified atom stereocenters. The third-order valence-electron chi connectivity index (χ3n) is 4.74. The molecule has 0 radical (unpaired) electrons. The first-order valence-electron chi connectivity index (χ1n) is 9.13. The van der Waals surface area contributed by atoms with Gasteiger partial charge in [-0.2, -0.15) is 0 Å². The zero-order valence-corrected chi connectivity index (χ0v) is 14.9. The predicted octanol–water partition coefficient (Wildman–Crippen LogP) is 3.54. The molecule has 0 aliphatic carbocycles. The van der Waals surface area contributed by atoms with Gasteiger partial charge in [-0.3, -0.25) is 0 Å². The van der Waals surface area contributed by atoms with E-state index in [0.717, 1.165) is 31.1 Å². The van der Waals surface area contributed by atoms with Crippen LogP contribution in [-0.2, 0) is 4.74 Å². The van der Waals surface area contributed by atoms with E-state index in [1.807, 2.05) is 0 Å². The highest BCUT2D eigenvalue weighted by Gasteiger charge is 2.18. The van der Waals surface area contributed by atoms with E-state index in [-0.39, 0.29) is 0 Å². The summed E-state index contributed by atoms with van der Waals surface area (Å²) in [6, 6.07) is 0.775. The van der Waals surface area contributed by atoms with Crippen LogP contribution in [0.1, 0.15) is 59.8 Å². The van der Waals surface area contributed by atoms with Crippen molar-refractivity contribution in [1.82, 2.24) is 10.2 Å². The van der Waals surface area contributed by atoms with E-state index in [0.29, 0.717) is 0 Å². The summed E-state index contributed by atoms with van der Waals surface area (Å²) in [4.78, 5) is 2.53. The van der Waals surface area contributed by atoms with E-state index in [9.17, 15) is 0 Å². The fourth-order valence-electron chi connectivity index (χ4n) is 2.96. The fraction of sp³-hybridized carbons (Fsp3) is 1.00. The molecule has 3 heteroatoms. The number of likely N-dealkylation sites (tertiary alicyclic amines) is 1. The van der Waals surface area contributed by atoms with Crippen LogP contribution in [0.2, 0.25) is 0 Å². The molecule has 21 heavy (non-hydrogen) atoms. The van der Waals surface area contributed by atoms with Crippen molar-refractivity contribution in [3.63, 3.8) is 0 Å². The van der Waals surface area contributed by atoms with E-state index in [2.05, 4.69) is 37.9 Å². The molecule has 126 valence electrons. The first-order chi connectivity index (χ1) is 10.1. The summed E-state index contributed by atoms with van der Waals surface area (Å²) < 4.78 is 5.22. The van der Waals surface area contributed by atoms with E-state index >= 15 is 0 Å². The molecule has 3 aliphatic rings. The maximum atomic E-state index is 5.22. The summed E-state index contributed by atoms with van der Waals surface area (Å²) >= 11 is 0. The summed E-state index contributed by atoms with van der Waals surface area (Å²) in [5.41, 5.74) is 0. The number of hydrogen-bond acceptors (Lipinski definition) is 3. The Morgan fingerprint density at radius 3 is 1.81 bits per heavy atom. The van der Waals surface area contributed by atoms with Crippen LogP contribution in [0.4, 0.5) is 0 Å². The van der Waals surface area contributed by atoms with Gasteiger partial charge in [0.2, 0.25) is 0 Å². The zero-order valence-electron chi connectivity index (χ0n) is 14.9. The van der Waals surface area contributed by atoms with Crippen LogP contribution < -0.4 is 5.32 Å². The van der Waals surface area contributed by atoms with Crippen LogP contribution >= 0.6 is 0 Å². The van der Waals surface area contributed by atoms with Crippen molar-refractivity contribution in [3.05, 3.63) is 0 Å². The number of nitrogens with zero attached hydrogens (tertiary/aromatic N) is 1. The molecule has 0 amide bonds. The Hall–Kier alpha value is -0.120. The number of ether oxygens (including phenoxy) is 1. The topological polar surface area (TPSA) is 24.5 Å². The minimum atomic E-state index is 0.775. The molecule has 3 saturated heterocycles. The average molecular weight is 299 g/mol. The van der Waals surface area contributed by atoms with E-state index in [1.54, 1.807) is 0 Å². The molecule has 3 rings (SSSR count). The van der Waals surface area contributed by atoms with Gasteiger partial charge >= 0.3 is 0 Å². The number of hydrogen-bond donors (Lipinski definition) is 1. The minimum absolute atomic E-state index is 0.775. The SMILES string of the molecule is C1CCNC1.CC(C)C1CCOC1.CC(C)N1CCCC1. The first-order valence-corrected chi connectivity index (χ1v) is 9.13. The summed E-state index contributed by atoms with van der Waals surface area (Å²) in [5.74, 6) is 1.66. The second kappa shape index (κ2) is 11.4. The van der Waals surface area contributed by atoms with Gasteiger partial charge in [0.15, 0.2) is 0 Å². The molecule has 3 nitrogen and oxygen atoms in total.